The third kappa shape index (κ3) is 5.10. The SMILES string of the molecule is CCOc1ccccc1N(CCCN1CCN(c2cccnn2)CC1)C(=O)O. The molecule has 150 valence electrons. The number of benzene rings is 1. The highest BCUT2D eigenvalue weighted by Crippen LogP contribution is 2.28. The average molecular weight is 385 g/mol. The highest BCUT2D eigenvalue weighted by molar-refractivity contribution is 5.88. The number of hydrogen-bond donors (Lipinski definition) is 1. The molecule has 8 heteroatoms. The van der Waals surface area contributed by atoms with Gasteiger partial charge in [-0.3, -0.25) is 9.80 Å². The number of carboxylic acid groups (broad SMARTS) is 1. The largest absolute Gasteiger partial charge is 0.492 e. The van der Waals surface area contributed by atoms with Crippen LogP contribution in [0.5, 0.6) is 5.75 Å². The first kappa shape index (κ1) is 19.9. The van der Waals surface area contributed by atoms with Crippen molar-refractivity contribution in [2.45, 2.75) is 13.3 Å². The van der Waals surface area contributed by atoms with Crippen molar-refractivity contribution in [3.63, 3.8) is 0 Å². The van der Waals surface area contributed by atoms with Gasteiger partial charge in [0.1, 0.15) is 5.75 Å². The predicted molar refractivity (Wildman–Crippen MR) is 108 cm³/mol. The van der Waals surface area contributed by atoms with Crippen LogP contribution in [-0.4, -0.2) is 72.2 Å². The zero-order chi connectivity index (χ0) is 19.8. The fraction of sp³-hybridized carbons (Fsp3) is 0.450. The molecule has 1 aliphatic heterocycles. The Bertz CT molecular complexity index is 751. The summed E-state index contributed by atoms with van der Waals surface area (Å²) in [6, 6.07) is 11.2. The van der Waals surface area contributed by atoms with E-state index in [4.69, 9.17) is 4.74 Å². The van der Waals surface area contributed by atoms with Crippen molar-refractivity contribution in [1.29, 1.82) is 0 Å². The summed E-state index contributed by atoms with van der Waals surface area (Å²) >= 11 is 0. The summed E-state index contributed by atoms with van der Waals surface area (Å²) in [6.45, 7) is 7.34. The molecule has 0 bridgehead atoms. The van der Waals surface area contributed by atoms with E-state index < -0.39 is 6.09 Å². The van der Waals surface area contributed by atoms with Crippen LogP contribution in [0.15, 0.2) is 42.6 Å². The van der Waals surface area contributed by atoms with Gasteiger partial charge in [-0.2, -0.15) is 5.10 Å². The quantitative estimate of drug-likeness (QED) is 0.748. The molecular formula is C20H27N5O3. The van der Waals surface area contributed by atoms with E-state index in [0.717, 1.165) is 45.0 Å². The van der Waals surface area contributed by atoms with E-state index in [1.165, 1.54) is 4.90 Å². The first-order chi connectivity index (χ1) is 13.7. The number of amides is 1. The van der Waals surface area contributed by atoms with Crippen molar-refractivity contribution < 1.29 is 14.6 Å². The van der Waals surface area contributed by atoms with Gasteiger partial charge in [-0.15, -0.1) is 5.10 Å². The van der Waals surface area contributed by atoms with E-state index in [1.807, 2.05) is 31.2 Å². The van der Waals surface area contributed by atoms with E-state index in [9.17, 15) is 9.90 Å². The normalized spacial score (nSPS) is 14.7. The standard InChI is InChI=1S/C20H27N5O3/c1-2-28-18-8-4-3-7-17(18)25(20(26)27)12-6-11-23-13-15-24(16-14-23)19-9-5-10-21-22-19/h3-5,7-10H,2,6,11-16H2,1H3,(H,26,27). The van der Waals surface area contributed by atoms with Crippen molar-refractivity contribution in [3.8, 4) is 5.75 Å². The van der Waals surface area contributed by atoms with Crippen LogP contribution in [0.4, 0.5) is 16.3 Å². The molecule has 2 heterocycles. The molecule has 1 N–H and O–H groups in total. The molecule has 1 fully saturated rings. The Morgan fingerprint density at radius 3 is 2.64 bits per heavy atom. The lowest BCUT2D eigenvalue weighted by Crippen LogP contribution is -2.47. The van der Waals surface area contributed by atoms with Crippen LogP contribution in [0.1, 0.15) is 13.3 Å². The molecule has 1 aromatic heterocycles. The minimum Gasteiger partial charge on any atom is -0.492 e. The van der Waals surface area contributed by atoms with Gasteiger partial charge in [-0.05, 0) is 44.2 Å². The lowest BCUT2D eigenvalue weighted by molar-refractivity contribution is 0.200. The summed E-state index contributed by atoms with van der Waals surface area (Å²) < 4.78 is 5.59. The van der Waals surface area contributed by atoms with Gasteiger partial charge in [0.05, 0.1) is 12.3 Å². The summed E-state index contributed by atoms with van der Waals surface area (Å²) in [5, 5.41) is 17.8. The number of para-hydroxylation sites is 2. The molecule has 0 radical (unpaired) electrons. The van der Waals surface area contributed by atoms with Gasteiger partial charge in [-0.1, -0.05) is 12.1 Å². The van der Waals surface area contributed by atoms with E-state index in [1.54, 1.807) is 18.3 Å². The maximum Gasteiger partial charge on any atom is 0.411 e. The highest BCUT2D eigenvalue weighted by atomic mass is 16.5. The van der Waals surface area contributed by atoms with Crippen LogP contribution in [-0.2, 0) is 0 Å². The number of hydrogen-bond acceptors (Lipinski definition) is 6. The maximum atomic E-state index is 11.8. The van der Waals surface area contributed by atoms with Crippen molar-refractivity contribution in [2.75, 3.05) is 55.7 Å². The molecular weight excluding hydrogens is 358 g/mol. The molecule has 1 amide bonds. The monoisotopic (exact) mass is 385 g/mol. The fourth-order valence-electron chi connectivity index (χ4n) is 3.39. The van der Waals surface area contributed by atoms with Gasteiger partial charge in [0, 0.05) is 38.9 Å². The maximum absolute atomic E-state index is 11.8. The van der Waals surface area contributed by atoms with E-state index in [-0.39, 0.29) is 0 Å². The van der Waals surface area contributed by atoms with Crippen molar-refractivity contribution in [2.24, 2.45) is 0 Å². The van der Waals surface area contributed by atoms with Crippen LogP contribution < -0.4 is 14.5 Å². The van der Waals surface area contributed by atoms with Crippen LogP contribution in [0.3, 0.4) is 0 Å². The van der Waals surface area contributed by atoms with Crippen LogP contribution in [0.25, 0.3) is 0 Å². The summed E-state index contributed by atoms with van der Waals surface area (Å²) in [6.07, 6.45) is 1.48. The molecule has 0 saturated carbocycles. The second-order valence-corrected chi connectivity index (χ2v) is 6.60. The average Bonchev–Trinajstić information content (AvgIpc) is 2.73. The Hall–Kier alpha value is -2.87. The second-order valence-electron chi connectivity index (χ2n) is 6.60. The Kier molecular flexibility index (Phi) is 7.02. The summed E-state index contributed by atoms with van der Waals surface area (Å²) in [4.78, 5) is 17.7. The van der Waals surface area contributed by atoms with Crippen molar-refractivity contribution in [3.05, 3.63) is 42.6 Å². The summed E-state index contributed by atoms with van der Waals surface area (Å²) in [7, 11) is 0. The predicted octanol–water partition coefficient (Wildman–Crippen LogP) is 2.57. The van der Waals surface area contributed by atoms with Crippen LogP contribution in [0, 0.1) is 0 Å². The first-order valence-corrected chi connectivity index (χ1v) is 9.66. The zero-order valence-corrected chi connectivity index (χ0v) is 16.2. The van der Waals surface area contributed by atoms with Crippen molar-refractivity contribution in [1.82, 2.24) is 15.1 Å². The topological polar surface area (TPSA) is 82.0 Å². The molecule has 0 aliphatic carbocycles. The molecule has 0 unspecified atom stereocenters. The van der Waals surface area contributed by atoms with Gasteiger partial charge < -0.3 is 14.7 Å². The van der Waals surface area contributed by atoms with E-state index in [0.29, 0.717) is 24.6 Å². The summed E-state index contributed by atoms with van der Waals surface area (Å²) in [5.74, 6) is 1.51. The van der Waals surface area contributed by atoms with Gasteiger partial charge in [0.2, 0.25) is 0 Å². The number of aromatic nitrogens is 2. The van der Waals surface area contributed by atoms with Gasteiger partial charge in [0.15, 0.2) is 5.82 Å². The zero-order valence-electron chi connectivity index (χ0n) is 16.2. The number of piperazine rings is 1. The molecule has 1 aromatic carbocycles. The summed E-state index contributed by atoms with van der Waals surface area (Å²) in [5.41, 5.74) is 0.601. The lowest BCUT2D eigenvalue weighted by Gasteiger charge is -2.35. The number of nitrogens with zero attached hydrogens (tertiary/aromatic N) is 5. The minimum absolute atomic E-state index is 0.434. The Morgan fingerprint density at radius 2 is 1.96 bits per heavy atom. The molecule has 1 aliphatic rings. The number of anilines is 2. The molecule has 8 nitrogen and oxygen atoms in total. The third-order valence-corrected chi connectivity index (χ3v) is 4.80. The number of carbonyl (C=O) groups is 1. The number of rotatable bonds is 8. The van der Waals surface area contributed by atoms with Crippen LogP contribution >= 0.6 is 0 Å². The molecule has 0 spiro atoms. The molecule has 28 heavy (non-hydrogen) atoms. The molecule has 3 rings (SSSR count). The molecule has 0 atom stereocenters. The number of ether oxygens (including phenoxy) is 1. The smallest absolute Gasteiger partial charge is 0.411 e. The van der Waals surface area contributed by atoms with Crippen molar-refractivity contribution >= 4 is 17.6 Å². The molecule has 1 saturated heterocycles. The van der Waals surface area contributed by atoms with Gasteiger partial charge in [-0.25, -0.2) is 4.79 Å². The van der Waals surface area contributed by atoms with Gasteiger partial charge >= 0.3 is 6.09 Å². The van der Waals surface area contributed by atoms with E-state index >= 15 is 0 Å². The molecule has 2 aromatic rings. The Labute approximate surface area is 165 Å². The van der Waals surface area contributed by atoms with Gasteiger partial charge in [0.25, 0.3) is 0 Å². The minimum atomic E-state index is -0.959. The fourth-order valence-corrected chi connectivity index (χ4v) is 3.39. The second kappa shape index (κ2) is 9.89. The Morgan fingerprint density at radius 1 is 1.18 bits per heavy atom. The Balaban J connectivity index is 1.50. The highest BCUT2D eigenvalue weighted by Gasteiger charge is 2.21. The first-order valence-electron chi connectivity index (χ1n) is 9.66. The van der Waals surface area contributed by atoms with E-state index in [2.05, 4.69) is 20.0 Å². The third-order valence-electron chi connectivity index (χ3n) is 4.80. The lowest BCUT2D eigenvalue weighted by atomic mass is 10.2. The van der Waals surface area contributed by atoms with Crippen LogP contribution in [0.2, 0.25) is 0 Å².